The van der Waals surface area contributed by atoms with Crippen molar-refractivity contribution in [2.45, 2.75) is 50.6 Å². The third-order valence-electron chi connectivity index (χ3n) is 4.49. The molecule has 1 aliphatic carbocycles. The minimum atomic E-state index is 0.169. The van der Waals surface area contributed by atoms with E-state index in [-0.39, 0.29) is 6.04 Å². The second kappa shape index (κ2) is 5.33. The molecule has 2 fully saturated rings. The van der Waals surface area contributed by atoms with E-state index in [2.05, 4.69) is 16.1 Å². The summed E-state index contributed by atoms with van der Waals surface area (Å²) in [5.41, 5.74) is 12.6. The number of anilines is 2. The van der Waals surface area contributed by atoms with Crippen molar-refractivity contribution < 1.29 is 0 Å². The van der Waals surface area contributed by atoms with Gasteiger partial charge < -0.3 is 16.4 Å². The van der Waals surface area contributed by atoms with Gasteiger partial charge in [-0.1, -0.05) is 19.3 Å². The number of aromatic nitrogens is 2. The number of hydrogen-bond donors (Lipinski definition) is 2. The van der Waals surface area contributed by atoms with E-state index < -0.39 is 0 Å². The zero-order valence-corrected chi connectivity index (χ0v) is 11.8. The van der Waals surface area contributed by atoms with Crippen LogP contribution in [0.5, 0.6) is 0 Å². The van der Waals surface area contributed by atoms with E-state index >= 15 is 0 Å². The van der Waals surface area contributed by atoms with Crippen LogP contribution < -0.4 is 16.4 Å². The maximum atomic E-state index is 9.40. The molecule has 0 bridgehead atoms. The highest BCUT2D eigenvalue weighted by molar-refractivity contribution is 5.65. The molecule has 0 aromatic carbocycles. The van der Waals surface area contributed by atoms with Crippen molar-refractivity contribution in [1.82, 2.24) is 9.78 Å². The van der Waals surface area contributed by atoms with Gasteiger partial charge in [-0.3, -0.25) is 0 Å². The van der Waals surface area contributed by atoms with Crippen molar-refractivity contribution in [3.05, 3.63) is 5.56 Å². The number of hydrogen-bond acceptors (Lipinski definition) is 5. The van der Waals surface area contributed by atoms with Gasteiger partial charge in [0.2, 0.25) is 0 Å². The molecule has 20 heavy (non-hydrogen) atoms. The summed E-state index contributed by atoms with van der Waals surface area (Å²) in [6, 6.07) is 2.74. The van der Waals surface area contributed by atoms with E-state index in [4.69, 9.17) is 11.5 Å². The Morgan fingerprint density at radius 1 is 1.20 bits per heavy atom. The molecule has 3 rings (SSSR count). The van der Waals surface area contributed by atoms with Gasteiger partial charge in [0.05, 0.1) is 6.04 Å². The minimum absolute atomic E-state index is 0.169. The van der Waals surface area contributed by atoms with Crippen LogP contribution in [0.2, 0.25) is 0 Å². The van der Waals surface area contributed by atoms with Crippen LogP contribution in [0.25, 0.3) is 0 Å². The van der Waals surface area contributed by atoms with Crippen molar-refractivity contribution in [2.75, 3.05) is 23.7 Å². The molecule has 1 aliphatic heterocycles. The van der Waals surface area contributed by atoms with E-state index in [1.54, 1.807) is 0 Å². The lowest BCUT2D eigenvalue weighted by Gasteiger charge is -2.23. The molecule has 0 amide bonds. The zero-order valence-electron chi connectivity index (χ0n) is 11.8. The van der Waals surface area contributed by atoms with Crippen LogP contribution in [0, 0.1) is 11.3 Å². The van der Waals surface area contributed by atoms with Gasteiger partial charge in [0.15, 0.2) is 5.82 Å². The highest BCUT2D eigenvalue weighted by Crippen LogP contribution is 2.34. The zero-order chi connectivity index (χ0) is 14.1. The van der Waals surface area contributed by atoms with Crippen molar-refractivity contribution in [3.63, 3.8) is 0 Å². The smallest absolute Gasteiger partial charge is 0.170 e. The Hall–Kier alpha value is -1.74. The van der Waals surface area contributed by atoms with Gasteiger partial charge in [0, 0.05) is 19.1 Å². The second-order valence-corrected chi connectivity index (χ2v) is 5.93. The van der Waals surface area contributed by atoms with Crippen LogP contribution >= 0.6 is 0 Å². The molecule has 1 unspecified atom stereocenters. The van der Waals surface area contributed by atoms with Crippen molar-refractivity contribution in [2.24, 2.45) is 5.73 Å². The monoisotopic (exact) mass is 274 g/mol. The van der Waals surface area contributed by atoms with Crippen LogP contribution in [-0.2, 0) is 0 Å². The molecular weight excluding hydrogens is 252 g/mol. The van der Waals surface area contributed by atoms with Crippen LogP contribution in [0.3, 0.4) is 0 Å². The Morgan fingerprint density at radius 3 is 2.55 bits per heavy atom. The molecule has 1 atom stereocenters. The summed E-state index contributed by atoms with van der Waals surface area (Å²) in [5, 5.41) is 14.1. The van der Waals surface area contributed by atoms with E-state index in [0.29, 0.717) is 17.4 Å². The first-order valence-corrected chi connectivity index (χ1v) is 7.49. The van der Waals surface area contributed by atoms with Crippen LogP contribution in [0.4, 0.5) is 11.6 Å². The predicted molar refractivity (Wildman–Crippen MR) is 78.3 cm³/mol. The fraction of sp³-hybridized carbons (Fsp3) is 0.714. The molecule has 1 aromatic heterocycles. The summed E-state index contributed by atoms with van der Waals surface area (Å²) in [6.45, 7) is 1.62. The highest BCUT2D eigenvalue weighted by Gasteiger charge is 2.28. The third kappa shape index (κ3) is 2.22. The molecule has 1 aromatic rings. The SMILES string of the molecule is N#Cc1c(N2CCC(N)C2)nn(C2CCCCC2)c1N. The minimum Gasteiger partial charge on any atom is -0.383 e. The Morgan fingerprint density at radius 2 is 1.95 bits per heavy atom. The molecule has 0 radical (unpaired) electrons. The average molecular weight is 274 g/mol. The topological polar surface area (TPSA) is 96.9 Å². The van der Waals surface area contributed by atoms with Gasteiger partial charge in [0.25, 0.3) is 0 Å². The largest absolute Gasteiger partial charge is 0.383 e. The molecule has 6 nitrogen and oxygen atoms in total. The summed E-state index contributed by atoms with van der Waals surface area (Å²) < 4.78 is 1.89. The van der Waals surface area contributed by atoms with Gasteiger partial charge in [-0.2, -0.15) is 10.4 Å². The molecule has 2 heterocycles. The first-order chi connectivity index (χ1) is 9.70. The van der Waals surface area contributed by atoms with E-state index in [9.17, 15) is 5.26 Å². The van der Waals surface area contributed by atoms with Gasteiger partial charge in [0.1, 0.15) is 17.5 Å². The molecule has 2 aliphatic rings. The fourth-order valence-electron chi connectivity index (χ4n) is 3.35. The Bertz CT molecular complexity index is 523. The lowest BCUT2D eigenvalue weighted by atomic mass is 9.96. The predicted octanol–water partition coefficient (Wildman–Crippen LogP) is 1.38. The van der Waals surface area contributed by atoms with Gasteiger partial charge in [-0.05, 0) is 19.3 Å². The van der Waals surface area contributed by atoms with E-state index in [1.807, 2.05) is 4.68 Å². The maximum Gasteiger partial charge on any atom is 0.170 e. The van der Waals surface area contributed by atoms with Crippen molar-refractivity contribution in [3.8, 4) is 6.07 Å². The third-order valence-corrected chi connectivity index (χ3v) is 4.49. The molecule has 1 saturated heterocycles. The van der Waals surface area contributed by atoms with Crippen LogP contribution in [-0.4, -0.2) is 28.9 Å². The maximum absolute atomic E-state index is 9.40. The number of nitrogen functional groups attached to an aromatic ring is 1. The molecular formula is C14H22N6. The van der Waals surface area contributed by atoms with Crippen LogP contribution in [0.1, 0.15) is 50.1 Å². The van der Waals surface area contributed by atoms with Gasteiger partial charge in [-0.25, -0.2) is 4.68 Å². The summed E-state index contributed by atoms with van der Waals surface area (Å²) in [7, 11) is 0. The molecule has 6 heteroatoms. The number of nitrogens with two attached hydrogens (primary N) is 2. The van der Waals surface area contributed by atoms with Crippen molar-refractivity contribution >= 4 is 11.6 Å². The standard InChI is InChI=1S/C14H22N6/c15-8-12-13(17)20(11-4-2-1-3-5-11)18-14(12)19-7-6-10(16)9-19/h10-11H,1-7,9,16-17H2. The van der Waals surface area contributed by atoms with Gasteiger partial charge >= 0.3 is 0 Å². The summed E-state index contributed by atoms with van der Waals surface area (Å²) in [5.74, 6) is 1.25. The molecule has 4 N–H and O–H groups in total. The Balaban J connectivity index is 1.92. The van der Waals surface area contributed by atoms with E-state index in [0.717, 1.165) is 38.2 Å². The number of nitriles is 1. The molecule has 108 valence electrons. The second-order valence-electron chi connectivity index (χ2n) is 5.93. The quantitative estimate of drug-likeness (QED) is 0.849. The lowest BCUT2D eigenvalue weighted by Crippen LogP contribution is -2.27. The highest BCUT2D eigenvalue weighted by atomic mass is 15.4. The number of nitrogens with zero attached hydrogens (tertiary/aromatic N) is 4. The Kier molecular flexibility index (Phi) is 3.53. The fourth-order valence-corrected chi connectivity index (χ4v) is 3.35. The normalized spacial score (nSPS) is 24.0. The van der Waals surface area contributed by atoms with Gasteiger partial charge in [-0.15, -0.1) is 0 Å². The summed E-state index contributed by atoms with van der Waals surface area (Å²) >= 11 is 0. The first-order valence-electron chi connectivity index (χ1n) is 7.49. The average Bonchev–Trinajstić information content (AvgIpc) is 3.03. The van der Waals surface area contributed by atoms with Crippen molar-refractivity contribution in [1.29, 1.82) is 5.26 Å². The van der Waals surface area contributed by atoms with E-state index in [1.165, 1.54) is 19.3 Å². The Labute approximate surface area is 119 Å². The van der Waals surface area contributed by atoms with Crippen LogP contribution in [0.15, 0.2) is 0 Å². The number of rotatable bonds is 2. The summed E-state index contributed by atoms with van der Waals surface area (Å²) in [6.07, 6.45) is 6.88. The molecule has 1 saturated carbocycles. The molecule has 0 spiro atoms. The lowest BCUT2D eigenvalue weighted by molar-refractivity contribution is 0.333. The summed E-state index contributed by atoms with van der Waals surface area (Å²) in [4.78, 5) is 2.10. The first kappa shape index (κ1) is 13.3.